The Labute approximate surface area is 165 Å². The molecule has 27 heavy (non-hydrogen) atoms. The first-order valence-corrected chi connectivity index (χ1v) is 9.59. The van der Waals surface area contributed by atoms with Crippen LogP contribution in [0.4, 0.5) is 0 Å². The lowest BCUT2D eigenvalue weighted by molar-refractivity contribution is 0.114. The summed E-state index contributed by atoms with van der Waals surface area (Å²) >= 11 is 5.29. The van der Waals surface area contributed by atoms with Crippen molar-refractivity contribution in [1.29, 1.82) is 0 Å². The number of nitrogens with zero attached hydrogens (tertiary/aromatic N) is 1. The highest BCUT2D eigenvalue weighted by Crippen LogP contribution is 2.20. The molecule has 0 spiro atoms. The van der Waals surface area contributed by atoms with Gasteiger partial charge in [0.1, 0.15) is 12.4 Å². The minimum Gasteiger partial charge on any atom is -0.488 e. The van der Waals surface area contributed by atoms with Gasteiger partial charge in [-0.3, -0.25) is 5.43 Å². The van der Waals surface area contributed by atoms with E-state index in [4.69, 9.17) is 21.7 Å². The predicted molar refractivity (Wildman–Crippen MR) is 112 cm³/mol. The maximum absolute atomic E-state index is 5.99. The molecule has 0 radical (unpaired) electrons. The summed E-state index contributed by atoms with van der Waals surface area (Å²) in [6.07, 6.45) is 2.43. The van der Waals surface area contributed by atoms with Crippen LogP contribution in [0.1, 0.15) is 30.9 Å². The first kappa shape index (κ1) is 19.3. The topological polar surface area (TPSA) is 54.9 Å². The van der Waals surface area contributed by atoms with Crippen molar-refractivity contribution < 1.29 is 9.47 Å². The van der Waals surface area contributed by atoms with Crippen LogP contribution in [0.5, 0.6) is 5.75 Å². The van der Waals surface area contributed by atoms with Gasteiger partial charge in [0, 0.05) is 18.7 Å². The molecule has 0 aliphatic carbocycles. The van der Waals surface area contributed by atoms with Gasteiger partial charge in [0.05, 0.1) is 11.8 Å². The third-order valence-corrected chi connectivity index (χ3v) is 4.59. The molecule has 1 aliphatic heterocycles. The van der Waals surface area contributed by atoms with Crippen molar-refractivity contribution in [2.45, 2.75) is 32.5 Å². The SMILES string of the molecule is C/C(=N/NC(=S)NC[C@H]1CCCO1)c1ccccc1OCc1ccccc1. The zero-order valence-electron chi connectivity index (χ0n) is 15.5. The Morgan fingerprint density at radius 3 is 2.74 bits per heavy atom. The van der Waals surface area contributed by atoms with E-state index in [0.717, 1.165) is 42.0 Å². The molecule has 1 heterocycles. The van der Waals surface area contributed by atoms with Crippen LogP contribution in [-0.2, 0) is 11.3 Å². The Bertz CT molecular complexity index is 774. The van der Waals surface area contributed by atoms with Crippen molar-refractivity contribution in [2.75, 3.05) is 13.2 Å². The van der Waals surface area contributed by atoms with E-state index < -0.39 is 0 Å². The first-order chi connectivity index (χ1) is 13.2. The quantitative estimate of drug-likeness (QED) is 0.434. The van der Waals surface area contributed by atoms with E-state index in [9.17, 15) is 0 Å². The van der Waals surface area contributed by atoms with Crippen LogP contribution in [0.15, 0.2) is 59.7 Å². The fourth-order valence-corrected chi connectivity index (χ4v) is 3.00. The Balaban J connectivity index is 1.55. The summed E-state index contributed by atoms with van der Waals surface area (Å²) in [6.45, 7) is 3.99. The van der Waals surface area contributed by atoms with Gasteiger partial charge in [-0.25, -0.2) is 0 Å². The van der Waals surface area contributed by atoms with Gasteiger partial charge >= 0.3 is 0 Å². The molecule has 6 heteroatoms. The standard InChI is InChI=1S/C21H25N3O2S/c1-16(23-24-21(27)22-14-18-10-7-13-25-18)19-11-5-6-12-20(19)26-15-17-8-3-2-4-9-17/h2-6,8-9,11-12,18H,7,10,13-15H2,1H3,(H2,22,24,27)/b23-16-/t18-/m1/s1. The van der Waals surface area contributed by atoms with E-state index >= 15 is 0 Å². The lowest BCUT2D eigenvalue weighted by Gasteiger charge is -2.13. The molecule has 2 aromatic rings. The highest BCUT2D eigenvalue weighted by atomic mass is 32.1. The molecular weight excluding hydrogens is 358 g/mol. The summed E-state index contributed by atoms with van der Waals surface area (Å²) in [5, 5.41) is 8.04. The van der Waals surface area contributed by atoms with Gasteiger partial charge < -0.3 is 14.8 Å². The van der Waals surface area contributed by atoms with Crippen LogP contribution in [0.2, 0.25) is 0 Å². The second-order valence-electron chi connectivity index (χ2n) is 6.42. The molecule has 0 amide bonds. The molecular formula is C21H25N3O2S. The largest absolute Gasteiger partial charge is 0.488 e. The van der Waals surface area contributed by atoms with Crippen molar-refractivity contribution in [3.63, 3.8) is 0 Å². The van der Waals surface area contributed by atoms with Gasteiger partial charge in [-0.2, -0.15) is 5.10 Å². The van der Waals surface area contributed by atoms with E-state index in [-0.39, 0.29) is 6.10 Å². The third kappa shape index (κ3) is 6.05. The average Bonchev–Trinajstić information content (AvgIpc) is 3.23. The van der Waals surface area contributed by atoms with Crippen LogP contribution in [0.3, 0.4) is 0 Å². The van der Waals surface area contributed by atoms with Gasteiger partial charge in [0.15, 0.2) is 5.11 Å². The number of thiocarbonyl (C=S) groups is 1. The Hall–Kier alpha value is -2.44. The maximum Gasteiger partial charge on any atom is 0.187 e. The molecule has 2 aromatic carbocycles. The van der Waals surface area contributed by atoms with Crippen LogP contribution in [-0.4, -0.2) is 30.1 Å². The van der Waals surface area contributed by atoms with Crippen LogP contribution < -0.4 is 15.5 Å². The van der Waals surface area contributed by atoms with Crippen molar-refractivity contribution >= 4 is 23.0 Å². The summed E-state index contributed by atoms with van der Waals surface area (Å²) < 4.78 is 11.6. The third-order valence-electron chi connectivity index (χ3n) is 4.35. The van der Waals surface area contributed by atoms with E-state index in [1.165, 1.54) is 0 Å². The summed E-state index contributed by atoms with van der Waals surface area (Å²) in [7, 11) is 0. The molecule has 5 nitrogen and oxygen atoms in total. The first-order valence-electron chi connectivity index (χ1n) is 9.18. The molecule has 2 N–H and O–H groups in total. The molecule has 3 rings (SSSR count). The van der Waals surface area contributed by atoms with Crippen molar-refractivity contribution in [3.05, 3.63) is 65.7 Å². The summed E-state index contributed by atoms with van der Waals surface area (Å²) in [5.74, 6) is 0.794. The molecule has 1 aliphatic rings. The van der Waals surface area contributed by atoms with E-state index in [2.05, 4.69) is 15.8 Å². The molecule has 1 atom stereocenters. The molecule has 1 saturated heterocycles. The monoisotopic (exact) mass is 383 g/mol. The zero-order chi connectivity index (χ0) is 18.9. The summed E-state index contributed by atoms with van der Waals surface area (Å²) in [6, 6.07) is 18.0. The van der Waals surface area contributed by atoms with E-state index in [1.807, 2.05) is 61.5 Å². The highest BCUT2D eigenvalue weighted by molar-refractivity contribution is 7.80. The Morgan fingerprint density at radius 2 is 1.96 bits per heavy atom. The fraction of sp³-hybridized carbons (Fsp3) is 0.333. The number of ether oxygens (including phenoxy) is 2. The Kier molecular flexibility index (Phi) is 7.19. The minimum absolute atomic E-state index is 0.238. The lowest BCUT2D eigenvalue weighted by atomic mass is 10.1. The van der Waals surface area contributed by atoms with Crippen molar-refractivity contribution in [1.82, 2.24) is 10.7 Å². The minimum atomic E-state index is 0.238. The highest BCUT2D eigenvalue weighted by Gasteiger charge is 2.15. The number of para-hydroxylation sites is 1. The van der Waals surface area contributed by atoms with Crippen molar-refractivity contribution in [3.8, 4) is 5.75 Å². The molecule has 0 bridgehead atoms. The molecule has 0 saturated carbocycles. The van der Waals surface area contributed by atoms with Gasteiger partial charge in [0.25, 0.3) is 0 Å². The number of hydrazone groups is 1. The normalized spacial score (nSPS) is 16.8. The van der Waals surface area contributed by atoms with E-state index in [0.29, 0.717) is 18.3 Å². The number of rotatable bonds is 7. The Morgan fingerprint density at radius 1 is 1.19 bits per heavy atom. The molecule has 1 fully saturated rings. The second kappa shape index (κ2) is 10.0. The predicted octanol–water partition coefficient (Wildman–Crippen LogP) is 3.63. The molecule has 142 valence electrons. The van der Waals surface area contributed by atoms with Gasteiger partial charge in [-0.05, 0) is 49.7 Å². The number of nitrogens with one attached hydrogen (secondary N) is 2. The molecule has 0 aromatic heterocycles. The van der Waals surface area contributed by atoms with Gasteiger partial charge in [-0.1, -0.05) is 42.5 Å². The maximum atomic E-state index is 5.99. The van der Waals surface area contributed by atoms with Gasteiger partial charge in [0.2, 0.25) is 0 Å². The van der Waals surface area contributed by atoms with Crippen molar-refractivity contribution in [2.24, 2.45) is 5.10 Å². The van der Waals surface area contributed by atoms with Crippen LogP contribution in [0, 0.1) is 0 Å². The summed E-state index contributed by atoms with van der Waals surface area (Å²) in [5.41, 5.74) is 5.77. The molecule has 0 unspecified atom stereocenters. The van der Waals surface area contributed by atoms with Crippen LogP contribution in [0.25, 0.3) is 0 Å². The number of benzene rings is 2. The lowest BCUT2D eigenvalue weighted by Crippen LogP contribution is -2.37. The zero-order valence-corrected chi connectivity index (χ0v) is 16.3. The fourth-order valence-electron chi connectivity index (χ4n) is 2.87. The smallest absolute Gasteiger partial charge is 0.187 e. The van der Waals surface area contributed by atoms with Crippen LogP contribution >= 0.6 is 12.2 Å². The second-order valence-corrected chi connectivity index (χ2v) is 6.83. The van der Waals surface area contributed by atoms with E-state index in [1.54, 1.807) is 0 Å². The van der Waals surface area contributed by atoms with Gasteiger partial charge in [-0.15, -0.1) is 0 Å². The average molecular weight is 384 g/mol. The number of hydrogen-bond donors (Lipinski definition) is 2. The number of hydrogen-bond acceptors (Lipinski definition) is 4. The summed E-state index contributed by atoms with van der Waals surface area (Å²) in [4.78, 5) is 0.